The van der Waals surface area contributed by atoms with E-state index in [1.54, 1.807) is 27.7 Å². The van der Waals surface area contributed by atoms with Gasteiger partial charge in [-0.3, -0.25) is 0 Å². The van der Waals surface area contributed by atoms with Crippen LogP contribution < -0.4 is 0 Å². The number of hydrogen-bond donors (Lipinski definition) is 0. The molecule has 0 aliphatic heterocycles. The van der Waals surface area contributed by atoms with E-state index in [0.29, 0.717) is 0 Å². The third-order valence-electron chi connectivity index (χ3n) is 2.09. The second kappa shape index (κ2) is 3.34. The Morgan fingerprint density at radius 2 is 1.08 bits per heavy atom. The molecule has 0 unspecified atom stereocenters. The van der Waals surface area contributed by atoms with E-state index in [-0.39, 0.29) is 0 Å². The zero-order valence-electron chi connectivity index (χ0n) is 7.68. The molecule has 12 heavy (non-hydrogen) atoms. The van der Waals surface area contributed by atoms with Crippen molar-refractivity contribution in [3.05, 3.63) is 20.9 Å². The Balaban J connectivity index is 4.98. The van der Waals surface area contributed by atoms with Gasteiger partial charge in [-0.05, 0) is 11.1 Å². The van der Waals surface area contributed by atoms with Crippen LogP contribution in [-0.4, -0.2) is 11.1 Å². The van der Waals surface area contributed by atoms with Crippen LogP contribution >= 0.6 is 0 Å². The number of rotatable bonds is 3. The van der Waals surface area contributed by atoms with Crippen LogP contribution in [0.3, 0.4) is 0 Å². The Morgan fingerprint density at radius 1 is 0.833 bits per heavy atom. The molecule has 0 aromatic rings. The van der Waals surface area contributed by atoms with Gasteiger partial charge in [0.15, 0.2) is 0 Å². The maximum Gasteiger partial charge on any atom is 0.0539 e. The highest BCUT2D eigenvalue weighted by Gasteiger charge is 2.35. The van der Waals surface area contributed by atoms with Gasteiger partial charge >= 0.3 is 0 Å². The molecule has 0 spiro atoms. The molecule has 0 saturated heterocycles. The molecule has 6 heteroatoms. The SMILES string of the molecule is CC(C)(N=[N+]=[N-])C(C)(C)N=[N+]=[N-]. The van der Waals surface area contributed by atoms with E-state index in [9.17, 15) is 0 Å². The van der Waals surface area contributed by atoms with Crippen molar-refractivity contribution in [1.29, 1.82) is 0 Å². The van der Waals surface area contributed by atoms with Gasteiger partial charge in [-0.1, -0.05) is 37.9 Å². The summed E-state index contributed by atoms with van der Waals surface area (Å²) in [5, 5.41) is 7.12. The summed E-state index contributed by atoms with van der Waals surface area (Å²) in [4.78, 5) is 5.40. The van der Waals surface area contributed by atoms with E-state index in [0.717, 1.165) is 0 Å². The van der Waals surface area contributed by atoms with Gasteiger partial charge in [0.05, 0.1) is 11.1 Å². The molecule has 0 fully saturated rings. The Labute approximate surface area is 70.8 Å². The van der Waals surface area contributed by atoms with E-state index >= 15 is 0 Å². The molecule has 6 nitrogen and oxygen atoms in total. The third-order valence-corrected chi connectivity index (χ3v) is 2.09. The summed E-state index contributed by atoms with van der Waals surface area (Å²) in [5.74, 6) is 0. The fourth-order valence-corrected chi connectivity index (χ4v) is 0.468. The van der Waals surface area contributed by atoms with E-state index in [2.05, 4.69) is 20.1 Å². The summed E-state index contributed by atoms with van der Waals surface area (Å²) in [5.41, 5.74) is 15.1. The van der Waals surface area contributed by atoms with Gasteiger partial charge < -0.3 is 0 Å². The lowest BCUT2D eigenvalue weighted by Gasteiger charge is -2.32. The van der Waals surface area contributed by atoms with Gasteiger partial charge in [-0.15, -0.1) is 0 Å². The fourth-order valence-electron chi connectivity index (χ4n) is 0.468. The number of azide groups is 2. The Kier molecular flexibility index (Phi) is 2.96. The highest BCUT2D eigenvalue weighted by molar-refractivity contribution is 5.00. The lowest BCUT2D eigenvalue weighted by molar-refractivity contribution is 0.308. The van der Waals surface area contributed by atoms with Crippen molar-refractivity contribution < 1.29 is 0 Å². The van der Waals surface area contributed by atoms with Crippen molar-refractivity contribution in [2.45, 2.75) is 38.8 Å². The van der Waals surface area contributed by atoms with Crippen LogP contribution in [-0.2, 0) is 0 Å². The largest absolute Gasteiger partial charge is 0.0872 e. The minimum absolute atomic E-state index is 0.714. The normalized spacial score (nSPS) is 11.3. The lowest BCUT2D eigenvalue weighted by atomic mass is 9.84. The monoisotopic (exact) mass is 168 g/mol. The average molecular weight is 168 g/mol. The molecule has 0 aliphatic rings. The summed E-state index contributed by atoms with van der Waals surface area (Å²) < 4.78 is 0. The maximum absolute atomic E-state index is 8.26. The molecule has 0 rings (SSSR count). The minimum atomic E-state index is -0.714. The van der Waals surface area contributed by atoms with Gasteiger partial charge in [0.2, 0.25) is 0 Å². The second-order valence-electron chi connectivity index (χ2n) is 3.50. The topological polar surface area (TPSA) is 97.5 Å². The molecule has 0 atom stereocenters. The standard InChI is InChI=1S/C6H12N6/c1-5(2,9-11-7)6(3,4)10-12-8/h1-4H3. The van der Waals surface area contributed by atoms with E-state index < -0.39 is 11.1 Å². The van der Waals surface area contributed by atoms with E-state index in [4.69, 9.17) is 11.1 Å². The van der Waals surface area contributed by atoms with Crippen molar-refractivity contribution in [2.24, 2.45) is 10.2 Å². The molecule has 0 amide bonds. The lowest BCUT2D eigenvalue weighted by Crippen LogP contribution is -2.41. The summed E-state index contributed by atoms with van der Waals surface area (Å²) >= 11 is 0. The maximum atomic E-state index is 8.26. The summed E-state index contributed by atoms with van der Waals surface area (Å²) in [6.45, 7) is 6.89. The summed E-state index contributed by atoms with van der Waals surface area (Å²) in [7, 11) is 0. The third kappa shape index (κ3) is 2.05. The highest BCUT2D eigenvalue weighted by Crippen LogP contribution is 2.29. The molecule has 0 aromatic carbocycles. The Bertz CT molecular complexity index is 225. The number of hydrogen-bond acceptors (Lipinski definition) is 2. The summed E-state index contributed by atoms with van der Waals surface area (Å²) in [6, 6.07) is 0. The van der Waals surface area contributed by atoms with E-state index in [1.165, 1.54) is 0 Å². The Hall–Kier alpha value is -1.38. The molecule has 0 aromatic heterocycles. The van der Waals surface area contributed by atoms with Crippen LogP contribution in [0.2, 0.25) is 0 Å². The van der Waals surface area contributed by atoms with Crippen LogP contribution in [0.1, 0.15) is 27.7 Å². The Morgan fingerprint density at radius 3 is 1.25 bits per heavy atom. The zero-order chi connectivity index (χ0) is 9.83. The molecule has 0 heterocycles. The van der Waals surface area contributed by atoms with Gasteiger partial charge in [0.25, 0.3) is 0 Å². The predicted octanol–water partition coefficient (Wildman–Crippen LogP) is 3.16. The summed E-state index contributed by atoms with van der Waals surface area (Å²) in [6.07, 6.45) is 0. The molecular weight excluding hydrogens is 156 g/mol. The van der Waals surface area contributed by atoms with Crippen molar-refractivity contribution in [1.82, 2.24) is 0 Å². The van der Waals surface area contributed by atoms with Crippen molar-refractivity contribution in [2.75, 3.05) is 0 Å². The van der Waals surface area contributed by atoms with E-state index in [1.807, 2.05) is 0 Å². The molecule has 0 saturated carbocycles. The van der Waals surface area contributed by atoms with Crippen molar-refractivity contribution >= 4 is 0 Å². The van der Waals surface area contributed by atoms with Gasteiger partial charge in [-0.2, -0.15) is 0 Å². The number of nitrogens with zero attached hydrogens (tertiary/aromatic N) is 6. The molecule has 0 bridgehead atoms. The first-order valence-electron chi connectivity index (χ1n) is 3.50. The van der Waals surface area contributed by atoms with Gasteiger partial charge in [-0.25, -0.2) is 0 Å². The first kappa shape index (κ1) is 10.6. The zero-order valence-corrected chi connectivity index (χ0v) is 7.68. The van der Waals surface area contributed by atoms with Gasteiger partial charge in [0.1, 0.15) is 0 Å². The van der Waals surface area contributed by atoms with Crippen molar-refractivity contribution in [3.63, 3.8) is 0 Å². The molecule has 0 radical (unpaired) electrons. The smallest absolute Gasteiger partial charge is 0.0539 e. The molecular formula is C6H12N6. The first-order valence-corrected chi connectivity index (χ1v) is 3.50. The average Bonchev–Trinajstić information content (AvgIpc) is 1.86. The quantitative estimate of drug-likeness (QED) is 0.351. The molecule has 0 aliphatic carbocycles. The van der Waals surface area contributed by atoms with Gasteiger partial charge in [0, 0.05) is 9.82 Å². The van der Waals surface area contributed by atoms with Crippen LogP contribution in [0, 0.1) is 0 Å². The highest BCUT2D eigenvalue weighted by atomic mass is 15.2. The minimum Gasteiger partial charge on any atom is -0.0872 e. The van der Waals surface area contributed by atoms with Crippen molar-refractivity contribution in [3.8, 4) is 0 Å². The van der Waals surface area contributed by atoms with Crippen LogP contribution in [0.5, 0.6) is 0 Å². The van der Waals surface area contributed by atoms with Crippen LogP contribution in [0.25, 0.3) is 20.9 Å². The van der Waals surface area contributed by atoms with Crippen LogP contribution in [0.4, 0.5) is 0 Å². The molecule has 66 valence electrons. The molecule has 0 N–H and O–H groups in total. The fraction of sp³-hybridized carbons (Fsp3) is 1.00. The van der Waals surface area contributed by atoms with Crippen LogP contribution in [0.15, 0.2) is 10.2 Å². The first-order chi connectivity index (χ1) is 5.37. The predicted molar refractivity (Wildman–Crippen MR) is 46.5 cm³/mol. The second-order valence-corrected chi connectivity index (χ2v) is 3.50.